The normalized spacial score (nSPS) is 28.3. The van der Waals surface area contributed by atoms with Crippen LogP contribution in [0, 0.1) is 0 Å². The Bertz CT molecular complexity index is 656. The number of aliphatic hydroxyl groups excluding tert-OH is 3. The van der Waals surface area contributed by atoms with E-state index in [1.54, 1.807) is 0 Å². The highest BCUT2D eigenvalue weighted by atomic mass is 32.2. The van der Waals surface area contributed by atoms with Crippen LogP contribution in [0.2, 0.25) is 0 Å². The Morgan fingerprint density at radius 3 is 2.63 bits per heavy atom. The van der Waals surface area contributed by atoms with Gasteiger partial charge in [-0.15, -0.1) is 23.1 Å². The van der Waals surface area contributed by atoms with Gasteiger partial charge in [0.15, 0.2) is 6.10 Å². The molecule has 152 valence electrons. The van der Waals surface area contributed by atoms with Gasteiger partial charge in [-0.3, -0.25) is 4.79 Å². The average Bonchev–Trinajstić information content (AvgIpc) is 3.01. The summed E-state index contributed by atoms with van der Waals surface area (Å²) in [5.41, 5.74) is 0.827. The number of hydrogen-bond acceptors (Lipinski definition) is 11. The molecular formula is C15H22N2O8S2. The van der Waals surface area contributed by atoms with Crippen molar-refractivity contribution in [2.75, 3.05) is 19.8 Å². The standard InChI is InChI=1S/C15H22N2O8S2/c1-17(2)3-8-16-7(5-27-8)4-26-6-9(18)24-15-12(21)10(19)11(20)13(25-15)14(22)23/h5,10-13,15,19-21H,3-4,6H2,1-2H3,(H,22,23). The Morgan fingerprint density at radius 2 is 2.00 bits per heavy atom. The van der Waals surface area contributed by atoms with E-state index in [9.17, 15) is 24.9 Å². The summed E-state index contributed by atoms with van der Waals surface area (Å²) in [6.45, 7) is 0.729. The van der Waals surface area contributed by atoms with Gasteiger partial charge in [-0.2, -0.15) is 0 Å². The fourth-order valence-corrected chi connectivity index (χ4v) is 4.02. The molecule has 10 nitrogen and oxygen atoms in total. The average molecular weight is 422 g/mol. The number of carbonyl (C=O) groups excluding carboxylic acids is 1. The molecule has 1 aromatic heterocycles. The van der Waals surface area contributed by atoms with E-state index in [0.29, 0.717) is 5.75 Å². The van der Waals surface area contributed by atoms with Crippen molar-refractivity contribution in [3.05, 3.63) is 16.1 Å². The molecule has 4 N–H and O–H groups in total. The number of aliphatic hydroxyl groups is 3. The molecule has 1 aliphatic rings. The minimum atomic E-state index is -1.83. The van der Waals surface area contributed by atoms with Crippen LogP contribution in [0.4, 0.5) is 0 Å². The van der Waals surface area contributed by atoms with Crippen molar-refractivity contribution < 1.29 is 39.5 Å². The first-order valence-corrected chi connectivity index (χ1v) is 10.00. The predicted molar refractivity (Wildman–Crippen MR) is 96.1 cm³/mol. The number of esters is 1. The number of nitrogens with zero attached hydrogens (tertiary/aromatic N) is 2. The van der Waals surface area contributed by atoms with Gasteiger partial charge in [0.25, 0.3) is 0 Å². The van der Waals surface area contributed by atoms with Crippen molar-refractivity contribution in [1.29, 1.82) is 0 Å². The van der Waals surface area contributed by atoms with E-state index in [2.05, 4.69) is 4.98 Å². The van der Waals surface area contributed by atoms with Gasteiger partial charge < -0.3 is 34.8 Å². The number of thioether (sulfide) groups is 1. The van der Waals surface area contributed by atoms with E-state index in [1.165, 1.54) is 23.1 Å². The summed E-state index contributed by atoms with van der Waals surface area (Å²) in [5.74, 6) is -1.89. The maximum atomic E-state index is 11.9. The van der Waals surface area contributed by atoms with E-state index in [0.717, 1.165) is 17.2 Å². The van der Waals surface area contributed by atoms with Gasteiger partial charge >= 0.3 is 11.9 Å². The summed E-state index contributed by atoms with van der Waals surface area (Å²) >= 11 is 2.76. The first-order chi connectivity index (χ1) is 12.7. The molecule has 0 bridgehead atoms. The zero-order chi connectivity index (χ0) is 20.1. The number of carbonyl (C=O) groups is 2. The second kappa shape index (κ2) is 9.78. The molecule has 0 aromatic carbocycles. The molecule has 0 saturated carbocycles. The van der Waals surface area contributed by atoms with Crippen molar-refractivity contribution in [1.82, 2.24) is 9.88 Å². The van der Waals surface area contributed by atoms with Gasteiger partial charge in [-0.25, -0.2) is 9.78 Å². The topological polar surface area (TPSA) is 150 Å². The molecular weight excluding hydrogens is 400 g/mol. The van der Waals surface area contributed by atoms with Crippen LogP contribution in [0.3, 0.4) is 0 Å². The lowest BCUT2D eigenvalue weighted by molar-refractivity contribution is -0.285. The number of rotatable bonds is 8. The van der Waals surface area contributed by atoms with E-state index < -0.39 is 42.6 Å². The highest BCUT2D eigenvalue weighted by Gasteiger charge is 2.48. The van der Waals surface area contributed by atoms with E-state index in [4.69, 9.17) is 14.6 Å². The molecule has 0 amide bonds. The number of carboxylic acids is 1. The number of aromatic nitrogens is 1. The van der Waals surface area contributed by atoms with Crippen molar-refractivity contribution in [2.45, 2.75) is 43.0 Å². The van der Waals surface area contributed by atoms with Crippen LogP contribution in [0.25, 0.3) is 0 Å². The van der Waals surface area contributed by atoms with Crippen LogP contribution in [-0.2, 0) is 31.4 Å². The van der Waals surface area contributed by atoms with Gasteiger partial charge in [0.1, 0.15) is 23.3 Å². The maximum Gasteiger partial charge on any atom is 0.335 e. The number of ether oxygens (including phenoxy) is 2. The third-order valence-electron chi connectivity index (χ3n) is 3.58. The molecule has 0 aliphatic carbocycles. The lowest BCUT2D eigenvalue weighted by atomic mass is 9.99. The van der Waals surface area contributed by atoms with Crippen LogP contribution >= 0.6 is 23.1 Å². The SMILES string of the molecule is CN(C)Cc1nc(CSCC(=O)OC2OC(C(=O)O)C(O)C(O)C2O)cs1. The Labute approximate surface area is 163 Å². The Morgan fingerprint density at radius 1 is 1.30 bits per heavy atom. The minimum Gasteiger partial charge on any atom is -0.479 e. The monoisotopic (exact) mass is 422 g/mol. The molecule has 27 heavy (non-hydrogen) atoms. The number of carboxylic acid groups (broad SMARTS) is 1. The molecule has 1 saturated heterocycles. The second-order valence-electron chi connectivity index (χ2n) is 6.19. The summed E-state index contributed by atoms with van der Waals surface area (Å²) < 4.78 is 9.80. The highest BCUT2D eigenvalue weighted by molar-refractivity contribution is 7.99. The summed E-state index contributed by atoms with van der Waals surface area (Å²) in [5, 5.41) is 40.9. The number of hydrogen-bond donors (Lipinski definition) is 4. The van der Waals surface area contributed by atoms with Gasteiger partial charge in [-0.05, 0) is 14.1 Å². The quantitative estimate of drug-likeness (QED) is 0.377. The molecule has 1 fully saturated rings. The van der Waals surface area contributed by atoms with Crippen LogP contribution in [-0.4, -0.2) is 92.8 Å². The molecule has 0 radical (unpaired) electrons. The molecule has 2 rings (SSSR count). The number of thiazole rings is 1. The van der Waals surface area contributed by atoms with Crippen molar-refractivity contribution in [3.8, 4) is 0 Å². The third kappa shape index (κ3) is 6.10. The van der Waals surface area contributed by atoms with Crippen LogP contribution in [0.15, 0.2) is 5.38 Å². The van der Waals surface area contributed by atoms with Gasteiger partial charge in [0.05, 0.1) is 11.4 Å². The maximum absolute atomic E-state index is 11.9. The summed E-state index contributed by atoms with van der Waals surface area (Å²) in [4.78, 5) is 29.4. The highest BCUT2D eigenvalue weighted by Crippen LogP contribution is 2.23. The van der Waals surface area contributed by atoms with E-state index in [1.807, 2.05) is 24.4 Å². The second-order valence-corrected chi connectivity index (χ2v) is 8.12. The molecule has 5 unspecified atom stereocenters. The lowest BCUT2D eigenvalue weighted by Crippen LogP contribution is -2.60. The van der Waals surface area contributed by atoms with Crippen LogP contribution < -0.4 is 0 Å². The smallest absolute Gasteiger partial charge is 0.335 e. The van der Waals surface area contributed by atoms with Crippen LogP contribution in [0.1, 0.15) is 10.7 Å². The van der Waals surface area contributed by atoms with Gasteiger partial charge in [0, 0.05) is 17.7 Å². The molecule has 2 heterocycles. The predicted octanol–water partition coefficient (Wildman–Crippen LogP) is -1.13. The first kappa shape index (κ1) is 22.0. The zero-order valence-corrected chi connectivity index (χ0v) is 16.4. The Hall–Kier alpha value is -1.28. The van der Waals surface area contributed by atoms with E-state index in [-0.39, 0.29) is 5.75 Å². The van der Waals surface area contributed by atoms with Crippen LogP contribution in [0.5, 0.6) is 0 Å². The summed E-state index contributed by atoms with van der Waals surface area (Å²) in [6, 6.07) is 0. The fraction of sp³-hybridized carbons (Fsp3) is 0.667. The summed E-state index contributed by atoms with van der Waals surface area (Å²) in [6.07, 6.45) is -8.88. The molecule has 5 atom stereocenters. The van der Waals surface area contributed by atoms with Crippen molar-refractivity contribution in [2.24, 2.45) is 0 Å². The Balaban J connectivity index is 1.80. The first-order valence-electron chi connectivity index (χ1n) is 7.96. The molecule has 0 spiro atoms. The largest absolute Gasteiger partial charge is 0.479 e. The fourth-order valence-electron chi connectivity index (χ4n) is 2.31. The Kier molecular flexibility index (Phi) is 7.97. The van der Waals surface area contributed by atoms with Gasteiger partial charge in [0.2, 0.25) is 6.29 Å². The van der Waals surface area contributed by atoms with Gasteiger partial charge in [-0.1, -0.05) is 0 Å². The zero-order valence-electron chi connectivity index (χ0n) is 14.7. The molecule has 12 heteroatoms. The molecule has 1 aromatic rings. The van der Waals surface area contributed by atoms with E-state index >= 15 is 0 Å². The lowest BCUT2D eigenvalue weighted by Gasteiger charge is -2.37. The van der Waals surface area contributed by atoms with Crippen molar-refractivity contribution >= 4 is 35.0 Å². The molecule has 1 aliphatic heterocycles. The minimum absolute atomic E-state index is 0.0799. The number of aliphatic carboxylic acids is 1. The third-order valence-corrected chi connectivity index (χ3v) is 5.40. The van der Waals surface area contributed by atoms with Crippen molar-refractivity contribution in [3.63, 3.8) is 0 Å². The summed E-state index contributed by atoms with van der Waals surface area (Å²) in [7, 11) is 3.89.